The van der Waals surface area contributed by atoms with Gasteiger partial charge in [-0.1, -0.05) is 26.0 Å². The van der Waals surface area contributed by atoms with Crippen LogP contribution in [-0.4, -0.2) is 24.2 Å². The molecule has 0 aliphatic rings. The van der Waals surface area contributed by atoms with Gasteiger partial charge in [0.05, 0.1) is 24.9 Å². The largest absolute Gasteiger partial charge is 0.493 e. The van der Waals surface area contributed by atoms with E-state index in [1.54, 1.807) is 12.1 Å². The van der Waals surface area contributed by atoms with Crippen LogP contribution in [-0.2, 0) is 10.2 Å². The molecule has 0 fully saturated rings. The highest BCUT2D eigenvalue weighted by Gasteiger charge is 2.32. The lowest BCUT2D eigenvalue weighted by atomic mass is 9.83. The highest BCUT2D eigenvalue weighted by atomic mass is 16.5. The summed E-state index contributed by atoms with van der Waals surface area (Å²) in [6, 6.07) is 10.5. The van der Waals surface area contributed by atoms with Crippen LogP contribution in [0.4, 0.5) is 0 Å². The Labute approximate surface area is 149 Å². The van der Waals surface area contributed by atoms with Crippen LogP contribution < -0.4 is 10.1 Å². The third kappa shape index (κ3) is 4.86. The monoisotopic (exact) mass is 345 g/mol. The summed E-state index contributed by atoms with van der Waals surface area (Å²) in [5.41, 5.74) is 0.120. The Kier molecular flexibility index (Phi) is 6.26. The zero-order chi connectivity index (χ0) is 18.4. The van der Waals surface area contributed by atoms with Crippen molar-refractivity contribution in [3.8, 4) is 5.75 Å². The number of aliphatic hydroxyl groups excluding tert-OH is 1. The molecule has 0 saturated carbocycles. The highest BCUT2D eigenvalue weighted by molar-refractivity contribution is 5.87. The summed E-state index contributed by atoms with van der Waals surface area (Å²) >= 11 is 0. The Morgan fingerprint density at radius 3 is 2.44 bits per heavy atom. The van der Waals surface area contributed by atoms with Gasteiger partial charge in [-0.15, -0.1) is 0 Å². The van der Waals surface area contributed by atoms with E-state index in [0.717, 1.165) is 11.3 Å². The van der Waals surface area contributed by atoms with E-state index in [0.29, 0.717) is 18.3 Å². The average molecular weight is 345 g/mol. The lowest BCUT2D eigenvalue weighted by Crippen LogP contribution is -2.42. The molecular formula is C20H27NO4. The molecule has 0 bridgehead atoms. The van der Waals surface area contributed by atoms with Crippen LogP contribution in [0.1, 0.15) is 45.1 Å². The van der Waals surface area contributed by atoms with Crippen LogP contribution in [0.5, 0.6) is 5.75 Å². The van der Waals surface area contributed by atoms with Gasteiger partial charge in [0.25, 0.3) is 0 Å². The van der Waals surface area contributed by atoms with E-state index in [9.17, 15) is 9.90 Å². The van der Waals surface area contributed by atoms with E-state index >= 15 is 0 Å². The van der Waals surface area contributed by atoms with E-state index in [1.165, 1.54) is 6.26 Å². The van der Waals surface area contributed by atoms with Crippen LogP contribution in [0, 0.1) is 5.92 Å². The SMILES string of the molecule is CC(C)COc1ccc(C(C)(C)C(=O)NC(CO)c2ccco2)cc1. The number of hydrogen-bond acceptors (Lipinski definition) is 4. The van der Waals surface area contributed by atoms with Gasteiger partial charge in [0.1, 0.15) is 17.6 Å². The van der Waals surface area contributed by atoms with E-state index < -0.39 is 11.5 Å². The molecule has 1 amide bonds. The fourth-order valence-corrected chi connectivity index (χ4v) is 2.40. The quantitative estimate of drug-likeness (QED) is 0.769. The van der Waals surface area contributed by atoms with Crippen LogP contribution in [0.2, 0.25) is 0 Å². The van der Waals surface area contributed by atoms with Crippen molar-refractivity contribution in [3.05, 3.63) is 54.0 Å². The Bertz CT molecular complexity index is 660. The summed E-state index contributed by atoms with van der Waals surface area (Å²) in [6.07, 6.45) is 1.52. The van der Waals surface area contributed by atoms with Gasteiger partial charge in [-0.2, -0.15) is 0 Å². The maximum Gasteiger partial charge on any atom is 0.230 e. The number of rotatable bonds is 8. The summed E-state index contributed by atoms with van der Waals surface area (Å²) in [5, 5.41) is 12.4. The first-order chi connectivity index (χ1) is 11.8. The van der Waals surface area contributed by atoms with Gasteiger partial charge in [-0.3, -0.25) is 4.79 Å². The Hall–Kier alpha value is -2.27. The smallest absolute Gasteiger partial charge is 0.230 e. The van der Waals surface area contributed by atoms with Gasteiger partial charge in [-0.25, -0.2) is 0 Å². The fraction of sp³-hybridized carbons (Fsp3) is 0.450. The van der Waals surface area contributed by atoms with Gasteiger partial charge in [0.2, 0.25) is 5.91 Å². The second-order valence-corrected chi connectivity index (χ2v) is 7.08. The number of carbonyl (C=O) groups is 1. The molecule has 5 nitrogen and oxygen atoms in total. The molecule has 5 heteroatoms. The molecule has 0 aliphatic carbocycles. The molecular weight excluding hydrogens is 318 g/mol. The van der Waals surface area contributed by atoms with Crippen LogP contribution in [0.25, 0.3) is 0 Å². The van der Waals surface area contributed by atoms with Crippen molar-refractivity contribution in [3.63, 3.8) is 0 Å². The molecule has 0 radical (unpaired) electrons. The number of carbonyl (C=O) groups excluding carboxylic acids is 1. The summed E-state index contributed by atoms with van der Waals surface area (Å²) < 4.78 is 11.0. The van der Waals surface area contributed by atoms with Crippen molar-refractivity contribution >= 4 is 5.91 Å². The number of nitrogens with one attached hydrogen (secondary N) is 1. The van der Waals surface area contributed by atoms with Gasteiger partial charge in [0, 0.05) is 0 Å². The lowest BCUT2D eigenvalue weighted by molar-refractivity contribution is -0.126. The lowest BCUT2D eigenvalue weighted by Gasteiger charge is -2.26. The first kappa shape index (κ1) is 19.1. The topological polar surface area (TPSA) is 71.7 Å². The molecule has 1 unspecified atom stereocenters. The molecule has 2 aromatic rings. The summed E-state index contributed by atoms with van der Waals surface area (Å²) in [4.78, 5) is 12.7. The minimum atomic E-state index is -0.753. The molecule has 0 spiro atoms. The van der Waals surface area contributed by atoms with Crippen LogP contribution >= 0.6 is 0 Å². The molecule has 2 rings (SSSR count). The molecule has 25 heavy (non-hydrogen) atoms. The molecule has 2 N–H and O–H groups in total. The number of ether oxygens (including phenoxy) is 1. The average Bonchev–Trinajstić information content (AvgIpc) is 3.12. The molecule has 1 heterocycles. The predicted molar refractivity (Wildman–Crippen MR) is 96.5 cm³/mol. The number of benzene rings is 1. The van der Waals surface area contributed by atoms with Crippen molar-refractivity contribution in [2.24, 2.45) is 5.92 Å². The second-order valence-electron chi connectivity index (χ2n) is 7.08. The van der Waals surface area contributed by atoms with Gasteiger partial charge in [-0.05, 0) is 49.6 Å². The second kappa shape index (κ2) is 8.21. The normalized spacial score (nSPS) is 12.9. The van der Waals surface area contributed by atoms with E-state index in [-0.39, 0.29) is 12.5 Å². The van der Waals surface area contributed by atoms with Crippen LogP contribution in [0.15, 0.2) is 47.1 Å². The number of furan rings is 1. The summed E-state index contributed by atoms with van der Waals surface area (Å²) in [6.45, 7) is 8.32. The zero-order valence-corrected chi connectivity index (χ0v) is 15.3. The Morgan fingerprint density at radius 1 is 1.24 bits per heavy atom. The maximum absolute atomic E-state index is 12.7. The van der Waals surface area contributed by atoms with E-state index in [4.69, 9.17) is 9.15 Å². The molecule has 136 valence electrons. The van der Waals surface area contributed by atoms with Crippen molar-refractivity contribution < 1.29 is 19.1 Å². The third-order valence-corrected chi connectivity index (χ3v) is 4.10. The molecule has 0 aliphatic heterocycles. The molecule has 1 aromatic heterocycles. The van der Waals surface area contributed by atoms with Crippen molar-refractivity contribution in [2.75, 3.05) is 13.2 Å². The highest BCUT2D eigenvalue weighted by Crippen LogP contribution is 2.27. The minimum absolute atomic E-state index is 0.182. The first-order valence-corrected chi connectivity index (χ1v) is 8.53. The van der Waals surface area contributed by atoms with Crippen molar-refractivity contribution in [1.82, 2.24) is 5.32 Å². The van der Waals surface area contributed by atoms with Gasteiger partial charge >= 0.3 is 0 Å². The molecule has 1 aromatic carbocycles. The number of aliphatic hydroxyl groups is 1. The Morgan fingerprint density at radius 2 is 1.92 bits per heavy atom. The fourth-order valence-electron chi connectivity index (χ4n) is 2.40. The first-order valence-electron chi connectivity index (χ1n) is 8.53. The third-order valence-electron chi connectivity index (χ3n) is 4.10. The van der Waals surface area contributed by atoms with Gasteiger partial charge < -0.3 is 19.6 Å². The molecule has 1 atom stereocenters. The number of hydrogen-bond donors (Lipinski definition) is 2. The van der Waals surface area contributed by atoms with Crippen molar-refractivity contribution in [2.45, 2.75) is 39.2 Å². The van der Waals surface area contributed by atoms with Crippen LogP contribution in [0.3, 0.4) is 0 Å². The minimum Gasteiger partial charge on any atom is -0.493 e. The standard InChI is InChI=1S/C20H27NO4/c1-14(2)13-25-16-9-7-15(8-10-16)20(3,4)19(23)21-17(12-22)18-6-5-11-24-18/h5-11,14,17,22H,12-13H2,1-4H3,(H,21,23). The maximum atomic E-state index is 12.7. The summed E-state index contributed by atoms with van der Waals surface area (Å²) in [5.74, 6) is 1.60. The molecule has 0 saturated heterocycles. The summed E-state index contributed by atoms with van der Waals surface area (Å²) in [7, 11) is 0. The van der Waals surface area contributed by atoms with E-state index in [2.05, 4.69) is 19.2 Å². The van der Waals surface area contributed by atoms with E-state index in [1.807, 2.05) is 38.1 Å². The predicted octanol–water partition coefficient (Wildman–Crippen LogP) is 3.44. The Balaban J connectivity index is 2.07. The van der Waals surface area contributed by atoms with Gasteiger partial charge in [0.15, 0.2) is 0 Å². The van der Waals surface area contributed by atoms with Crippen molar-refractivity contribution in [1.29, 1.82) is 0 Å². The zero-order valence-electron chi connectivity index (χ0n) is 15.3. The number of amides is 1.